The van der Waals surface area contributed by atoms with E-state index in [1.54, 1.807) is 42.1 Å². The summed E-state index contributed by atoms with van der Waals surface area (Å²) >= 11 is 12.0. The Morgan fingerprint density at radius 3 is 2.58 bits per heavy atom. The smallest absolute Gasteiger partial charge is 0.263 e. The van der Waals surface area contributed by atoms with Gasteiger partial charge in [0.15, 0.2) is 16.4 Å². The molecule has 0 aliphatic carbocycles. The number of sulfone groups is 1. The van der Waals surface area contributed by atoms with E-state index in [4.69, 9.17) is 32.7 Å². The molecule has 8 nitrogen and oxygen atoms in total. The quantitative estimate of drug-likeness (QED) is 0.511. The number of benzene rings is 2. The van der Waals surface area contributed by atoms with Crippen LogP contribution in [0.15, 0.2) is 48.5 Å². The molecule has 0 radical (unpaired) electrons. The zero-order valence-electron chi connectivity index (χ0n) is 17.6. The molecule has 33 heavy (non-hydrogen) atoms. The van der Waals surface area contributed by atoms with Crippen LogP contribution in [-0.2, 0) is 14.6 Å². The predicted molar refractivity (Wildman–Crippen MR) is 127 cm³/mol. The van der Waals surface area contributed by atoms with Gasteiger partial charge < -0.3 is 14.8 Å². The number of methoxy groups -OCH3 is 1. The van der Waals surface area contributed by atoms with Gasteiger partial charge in [-0.15, -0.1) is 0 Å². The third-order valence-electron chi connectivity index (χ3n) is 5.20. The Bertz CT molecular complexity index is 1280. The Kier molecular flexibility index (Phi) is 6.83. The summed E-state index contributed by atoms with van der Waals surface area (Å²) in [5.41, 5.74) is 1.40. The summed E-state index contributed by atoms with van der Waals surface area (Å²) in [5, 5.41) is 8.12. The van der Waals surface area contributed by atoms with Crippen molar-refractivity contribution in [3.05, 3.63) is 58.6 Å². The third-order valence-corrected chi connectivity index (χ3v) is 7.48. The van der Waals surface area contributed by atoms with Crippen LogP contribution in [0.1, 0.15) is 12.5 Å². The number of ether oxygens (including phenoxy) is 2. The molecule has 1 N–H and O–H groups in total. The van der Waals surface area contributed by atoms with E-state index < -0.39 is 15.7 Å². The highest BCUT2D eigenvalue weighted by atomic mass is 35.5. The van der Waals surface area contributed by atoms with Crippen LogP contribution >= 0.6 is 23.2 Å². The minimum Gasteiger partial charge on any atom is -0.497 e. The first kappa shape index (κ1) is 23.4. The highest BCUT2D eigenvalue weighted by molar-refractivity contribution is 7.91. The SMILES string of the molecule is COc1ccc(-c2cc(NC(=O)COc3ccc(Cl)cc3Cl)n([C@@H]3CCS(=O)(=O)C3)n2)cc1. The summed E-state index contributed by atoms with van der Waals surface area (Å²) in [5.74, 6) is 1.03. The second-order valence-electron chi connectivity index (χ2n) is 7.56. The molecule has 2 heterocycles. The number of nitrogens with zero attached hydrogens (tertiary/aromatic N) is 2. The summed E-state index contributed by atoms with van der Waals surface area (Å²) in [6, 6.07) is 13.3. The molecule has 11 heteroatoms. The van der Waals surface area contributed by atoms with E-state index in [2.05, 4.69) is 10.4 Å². The Hall–Kier alpha value is -2.75. The van der Waals surface area contributed by atoms with Crippen molar-refractivity contribution in [2.75, 3.05) is 30.5 Å². The fourth-order valence-corrected chi connectivity index (χ4v) is 5.71. The number of amides is 1. The molecule has 3 aromatic rings. The van der Waals surface area contributed by atoms with Gasteiger partial charge in [-0.1, -0.05) is 23.2 Å². The third kappa shape index (κ3) is 5.61. The van der Waals surface area contributed by atoms with Gasteiger partial charge in [-0.2, -0.15) is 5.10 Å². The number of halogens is 2. The largest absolute Gasteiger partial charge is 0.497 e. The number of hydrogen-bond donors (Lipinski definition) is 1. The first-order chi connectivity index (χ1) is 15.7. The Labute approximate surface area is 201 Å². The second-order valence-corrected chi connectivity index (χ2v) is 10.6. The van der Waals surface area contributed by atoms with E-state index >= 15 is 0 Å². The summed E-state index contributed by atoms with van der Waals surface area (Å²) in [6.07, 6.45) is 0.422. The number of anilines is 1. The molecule has 0 bridgehead atoms. The highest BCUT2D eigenvalue weighted by Crippen LogP contribution is 2.31. The molecule has 2 aromatic carbocycles. The normalized spacial score (nSPS) is 17.0. The monoisotopic (exact) mass is 509 g/mol. The van der Waals surface area contributed by atoms with E-state index in [1.165, 1.54) is 6.07 Å². The molecule has 4 rings (SSSR count). The number of aromatic nitrogens is 2. The van der Waals surface area contributed by atoms with Crippen molar-refractivity contribution in [1.82, 2.24) is 9.78 Å². The fraction of sp³-hybridized carbons (Fsp3) is 0.273. The van der Waals surface area contributed by atoms with Gasteiger partial charge in [-0.25, -0.2) is 13.1 Å². The average molecular weight is 510 g/mol. The lowest BCUT2D eigenvalue weighted by atomic mass is 10.1. The standard InChI is InChI=1S/C22H21Cl2N3O5S/c1-31-17-5-2-14(3-6-17)19-11-21(27(26-19)16-8-9-33(29,30)13-16)25-22(28)12-32-20-7-4-15(23)10-18(20)24/h2-7,10-11,16H,8-9,12-13H2,1H3,(H,25,28)/t16-/m1/s1. The van der Waals surface area contributed by atoms with Gasteiger partial charge in [0.2, 0.25) is 0 Å². The summed E-state index contributed by atoms with van der Waals surface area (Å²) in [4.78, 5) is 12.6. The first-order valence-electron chi connectivity index (χ1n) is 10.1. The van der Waals surface area contributed by atoms with Crippen molar-refractivity contribution >= 4 is 44.8 Å². The zero-order valence-corrected chi connectivity index (χ0v) is 20.0. The average Bonchev–Trinajstić information content (AvgIpc) is 3.36. The van der Waals surface area contributed by atoms with Gasteiger partial charge in [-0.05, 0) is 48.9 Å². The molecule has 0 unspecified atom stereocenters. The molecule has 0 saturated carbocycles. The van der Waals surface area contributed by atoms with E-state index in [0.717, 1.165) is 5.56 Å². The Balaban J connectivity index is 1.55. The van der Waals surface area contributed by atoms with Crippen LogP contribution in [0.3, 0.4) is 0 Å². The van der Waals surface area contributed by atoms with Crippen LogP contribution in [0.5, 0.6) is 11.5 Å². The summed E-state index contributed by atoms with van der Waals surface area (Å²) < 4.78 is 36.3. The van der Waals surface area contributed by atoms with E-state index in [-0.39, 0.29) is 24.2 Å². The van der Waals surface area contributed by atoms with Crippen molar-refractivity contribution in [2.45, 2.75) is 12.5 Å². The lowest BCUT2D eigenvalue weighted by molar-refractivity contribution is -0.118. The van der Waals surface area contributed by atoms with Gasteiger partial charge in [0, 0.05) is 16.7 Å². The van der Waals surface area contributed by atoms with E-state index in [1.807, 2.05) is 12.1 Å². The second kappa shape index (κ2) is 9.62. The number of rotatable bonds is 7. The molecule has 1 aliphatic rings. The molecule has 1 fully saturated rings. The van der Waals surface area contributed by atoms with Crippen LogP contribution in [0.4, 0.5) is 5.82 Å². The molecular formula is C22H21Cl2N3O5S. The van der Waals surface area contributed by atoms with Crippen LogP contribution in [0.25, 0.3) is 11.3 Å². The van der Waals surface area contributed by atoms with Crippen molar-refractivity contribution in [2.24, 2.45) is 0 Å². The van der Waals surface area contributed by atoms with Crippen LogP contribution in [0, 0.1) is 0 Å². The van der Waals surface area contributed by atoms with Gasteiger partial charge in [-0.3, -0.25) is 4.79 Å². The minimum absolute atomic E-state index is 0.0313. The van der Waals surface area contributed by atoms with Crippen molar-refractivity contribution in [3.8, 4) is 22.8 Å². The van der Waals surface area contributed by atoms with E-state index in [9.17, 15) is 13.2 Å². The molecule has 0 spiro atoms. The van der Waals surface area contributed by atoms with Gasteiger partial charge in [0.05, 0.1) is 35.4 Å². The van der Waals surface area contributed by atoms with Gasteiger partial charge >= 0.3 is 0 Å². The molecule has 174 valence electrons. The maximum Gasteiger partial charge on any atom is 0.263 e. The molecule has 1 atom stereocenters. The molecule has 1 aromatic heterocycles. The molecule has 1 amide bonds. The zero-order chi connectivity index (χ0) is 23.6. The molecular weight excluding hydrogens is 489 g/mol. The summed E-state index contributed by atoms with van der Waals surface area (Å²) in [7, 11) is -1.57. The first-order valence-corrected chi connectivity index (χ1v) is 12.6. The van der Waals surface area contributed by atoms with Crippen molar-refractivity contribution in [1.29, 1.82) is 0 Å². The Morgan fingerprint density at radius 2 is 1.94 bits per heavy atom. The Morgan fingerprint density at radius 1 is 1.18 bits per heavy atom. The molecule has 1 aliphatic heterocycles. The molecule has 1 saturated heterocycles. The van der Waals surface area contributed by atoms with Crippen molar-refractivity contribution < 1.29 is 22.7 Å². The summed E-state index contributed by atoms with van der Waals surface area (Å²) in [6.45, 7) is -0.298. The number of carbonyl (C=O) groups excluding carboxylic acids is 1. The van der Waals surface area contributed by atoms with Gasteiger partial charge in [0.25, 0.3) is 5.91 Å². The van der Waals surface area contributed by atoms with Crippen molar-refractivity contribution in [3.63, 3.8) is 0 Å². The maximum atomic E-state index is 12.6. The van der Waals surface area contributed by atoms with Crippen LogP contribution in [0.2, 0.25) is 10.0 Å². The highest BCUT2D eigenvalue weighted by Gasteiger charge is 2.32. The lowest BCUT2D eigenvalue weighted by Gasteiger charge is -2.14. The number of carbonyl (C=O) groups is 1. The number of nitrogens with one attached hydrogen (secondary N) is 1. The maximum absolute atomic E-state index is 12.6. The van der Waals surface area contributed by atoms with E-state index in [0.29, 0.717) is 39.5 Å². The predicted octanol–water partition coefficient (Wildman–Crippen LogP) is 4.24. The topological polar surface area (TPSA) is 99.5 Å². The van der Waals surface area contributed by atoms with Crippen LogP contribution in [-0.4, -0.2) is 49.3 Å². The van der Waals surface area contributed by atoms with Gasteiger partial charge in [0.1, 0.15) is 17.3 Å². The van der Waals surface area contributed by atoms with Crippen LogP contribution < -0.4 is 14.8 Å². The fourth-order valence-electron chi connectivity index (χ4n) is 3.55. The minimum atomic E-state index is -3.15. The lowest BCUT2D eigenvalue weighted by Crippen LogP contribution is -2.23. The number of hydrogen-bond acceptors (Lipinski definition) is 6.